The molecule has 47 heavy (non-hydrogen) atoms. The summed E-state index contributed by atoms with van der Waals surface area (Å²) in [5, 5.41) is 9.40. The number of nitriles is 1. The molecule has 0 spiro atoms. The Bertz CT molecular complexity index is 1850. The fourth-order valence-electron chi connectivity index (χ4n) is 7.01. The number of hydrogen-bond acceptors (Lipinski definition) is 7. The first-order valence-electron chi connectivity index (χ1n) is 15.1. The molecule has 0 bridgehead atoms. The van der Waals surface area contributed by atoms with E-state index in [-0.39, 0.29) is 49.9 Å². The van der Waals surface area contributed by atoms with Crippen LogP contribution in [0.25, 0.3) is 0 Å². The Kier molecular flexibility index (Phi) is 7.99. The number of benzene rings is 1. The Morgan fingerprint density at radius 2 is 1.91 bits per heavy atom. The lowest BCUT2D eigenvalue weighted by Crippen LogP contribution is -2.52. The number of alkyl halides is 3. The topological polar surface area (TPSA) is 114 Å². The Labute approximate surface area is 269 Å². The number of anilines is 3. The average Bonchev–Trinajstić information content (AvgIpc) is 3.54. The summed E-state index contributed by atoms with van der Waals surface area (Å²) in [6.07, 6.45) is -3.40. The summed E-state index contributed by atoms with van der Waals surface area (Å²) in [6.45, 7) is 7.67. The van der Waals surface area contributed by atoms with E-state index < -0.39 is 41.6 Å². The molecule has 1 aromatic carbocycles. The molecule has 3 aromatic rings. The summed E-state index contributed by atoms with van der Waals surface area (Å²) in [6, 6.07) is 11.6. The predicted molar refractivity (Wildman–Crippen MR) is 167 cm³/mol. The highest BCUT2D eigenvalue weighted by Crippen LogP contribution is 2.42. The molecule has 3 aliphatic heterocycles. The van der Waals surface area contributed by atoms with E-state index >= 15 is 0 Å². The molecule has 3 aliphatic rings. The first-order chi connectivity index (χ1) is 22.3. The van der Waals surface area contributed by atoms with Crippen LogP contribution in [0.5, 0.6) is 0 Å². The third-order valence-electron chi connectivity index (χ3n) is 9.09. The number of para-hydroxylation sites is 1. The molecule has 0 aliphatic carbocycles. The number of aromatic nitrogens is 2. The maximum Gasteiger partial charge on any atom is 0.416 e. The van der Waals surface area contributed by atoms with Crippen LogP contribution >= 0.6 is 0 Å². The van der Waals surface area contributed by atoms with Gasteiger partial charge in [0.15, 0.2) is 0 Å². The van der Waals surface area contributed by atoms with E-state index in [1.807, 2.05) is 31.2 Å². The molecular formula is C34H32F3N7O3. The SMILES string of the molecule is C=CC(=O)N1Cc2nc(CN3C[C@H]4CC(=O)N(c5cc(C(F)(F)F)cc(C)n5)[C@@H]4C(=O)N(C)c4cccc(C)c43)ccc2[C@H]1CC#N. The predicted octanol–water partition coefficient (Wildman–Crippen LogP) is 5.00. The van der Waals surface area contributed by atoms with E-state index in [9.17, 15) is 32.8 Å². The second kappa shape index (κ2) is 11.8. The highest BCUT2D eigenvalue weighted by atomic mass is 19.4. The molecule has 0 saturated carbocycles. The number of hydrogen-bond donors (Lipinski definition) is 0. The van der Waals surface area contributed by atoms with Gasteiger partial charge < -0.3 is 14.7 Å². The van der Waals surface area contributed by atoms with Crippen molar-refractivity contribution < 1.29 is 27.6 Å². The molecule has 1 saturated heterocycles. The number of pyridine rings is 2. The first kappa shape index (κ1) is 31.7. The van der Waals surface area contributed by atoms with Gasteiger partial charge in [0.25, 0.3) is 0 Å². The highest BCUT2D eigenvalue weighted by molar-refractivity contribution is 6.10. The fraction of sp³-hybridized carbons (Fsp3) is 0.353. The number of halogens is 3. The zero-order valence-electron chi connectivity index (χ0n) is 26.1. The third-order valence-corrected chi connectivity index (χ3v) is 9.09. The smallest absolute Gasteiger partial charge is 0.363 e. The molecule has 6 rings (SSSR count). The Hall–Kier alpha value is -5.25. The summed E-state index contributed by atoms with van der Waals surface area (Å²) in [7, 11) is 1.60. The van der Waals surface area contributed by atoms with Crippen molar-refractivity contribution in [2.24, 2.45) is 5.92 Å². The fourth-order valence-corrected chi connectivity index (χ4v) is 7.01. The second-order valence-corrected chi connectivity index (χ2v) is 12.1. The van der Waals surface area contributed by atoms with Gasteiger partial charge in [0.05, 0.1) is 59.9 Å². The van der Waals surface area contributed by atoms with Crippen LogP contribution in [0.2, 0.25) is 0 Å². The zero-order valence-corrected chi connectivity index (χ0v) is 26.1. The van der Waals surface area contributed by atoms with Crippen LogP contribution in [0, 0.1) is 31.1 Å². The van der Waals surface area contributed by atoms with Crippen molar-refractivity contribution in [1.29, 1.82) is 5.26 Å². The molecule has 3 atom stereocenters. The number of amides is 3. The van der Waals surface area contributed by atoms with Gasteiger partial charge in [-0.3, -0.25) is 24.3 Å². The van der Waals surface area contributed by atoms with E-state index in [1.54, 1.807) is 18.0 Å². The number of aryl methyl sites for hydroxylation is 2. The van der Waals surface area contributed by atoms with Crippen molar-refractivity contribution in [3.63, 3.8) is 0 Å². The van der Waals surface area contributed by atoms with Crippen molar-refractivity contribution in [2.75, 3.05) is 28.3 Å². The van der Waals surface area contributed by atoms with Crippen molar-refractivity contribution >= 4 is 34.9 Å². The molecular weight excluding hydrogens is 611 g/mol. The number of fused-ring (bicyclic) bond motifs is 3. The van der Waals surface area contributed by atoms with Gasteiger partial charge in [0.2, 0.25) is 17.7 Å². The van der Waals surface area contributed by atoms with Crippen LogP contribution < -0.4 is 14.7 Å². The van der Waals surface area contributed by atoms with Crippen molar-refractivity contribution in [1.82, 2.24) is 14.9 Å². The number of nitrogens with zero attached hydrogens (tertiary/aromatic N) is 7. The summed E-state index contributed by atoms with van der Waals surface area (Å²) in [5.74, 6) is -1.98. The van der Waals surface area contributed by atoms with E-state index in [4.69, 9.17) is 4.98 Å². The van der Waals surface area contributed by atoms with Crippen molar-refractivity contribution in [3.05, 3.63) is 88.9 Å². The van der Waals surface area contributed by atoms with Crippen molar-refractivity contribution in [2.45, 2.75) is 58.0 Å². The van der Waals surface area contributed by atoms with E-state index in [2.05, 4.69) is 22.5 Å². The molecule has 1 fully saturated rings. The molecule has 10 nitrogen and oxygen atoms in total. The quantitative estimate of drug-likeness (QED) is 0.360. The van der Waals surface area contributed by atoms with Crippen LogP contribution in [-0.2, 0) is 33.6 Å². The van der Waals surface area contributed by atoms with Gasteiger partial charge in [-0.05, 0) is 55.3 Å². The van der Waals surface area contributed by atoms with Crippen LogP contribution in [0.1, 0.15) is 52.7 Å². The van der Waals surface area contributed by atoms with Gasteiger partial charge in [0, 0.05) is 31.6 Å². The van der Waals surface area contributed by atoms with Crippen LogP contribution in [0.15, 0.2) is 55.1 Å². The van der Waals surface area contributed by atoms with Gasteiger partial charge >= 0.3 is 6.18 Å². The Balaban J connectivity index is 1.40. The summed E-state index contributed by atoms with van der Waals surface area (Å²) >= 11 is 0. The molecule has 0 N–H and O–H groups in total. The zero-order chi connectivity index (χ0) is 33.8. The molecule has 5 heterocycles. The molecule has 13 heteroatoms. The second-order valence-electron chi connectivity index (χ2n) is 12.1. The maximum atomic E-state index is 14.1. The van der Waals surface area contributed by atoms with Gasteiger partial charge in [-0.15, -0.1) is 0 Å². The van der Waals surface area contributed by atoms with E-state index in [0.717, 1.165) is 33.8 Å². The summed E-state index contributed by atoms with van der Waals surface area (Å²) in [4.78, 5) is 55.6. The average molecular weight is 644 g/mol. The van der Waals surface area contributed by atoms with Gasteiger partial charge in [0.1, 0.15) is 11.9 Å². The van der Waals surface area contributed by atoms with Crippen LogP contribution in [-0.4, -0.2) is 52.2 Å². The van der Waals surface area contributed by atoms with Gasteiger partial charge in [-0.2, -0.15) is 18.4 Å². The lowest BCUT2D eigenvalue weighted by molar-refractivity contribution is -0.137. The number of rotatable bonds is 5. The highest BCUT2D eigenvalue weighted by Gasteiger charge is 2.49. The van der Waals surface area contributed by atoms with Gasteiger partial charge in [-0.25, -0.2) is 4.98 Å². The molecule has 242 valence electrons. The van der Waals surface area contributed by atoms with Crippen molar-refractivity contribution in [3.8, 4) is 6.07 Å². The minimum atomic E-state index is -4.66. The molecule has 0 radical (unpaired) electrons. The number of carbonyl (C=O) groups is 3. The van der Waals surface area contributed by atoms with Crippen LogP contribution in [0.3, 0.4) is 0 Å². The minimum absolute atomic E-state index is 0.0645. The Morgan fingerprint density at radius 3 is 2.62 bits per heavy atom. The van der Waals surface area contributed by atoms with E-state index in [0.29, 0.717) is 17.1 Å². The van der Waals surface area contributed by atoms with Gasteiger partial charge in [-0.1, -0.05) is 24.8 Å². The lowest BCUT2D eigenvalue weighted by atomic mass is 9.94. The number of carbonyl (C=O) groups excluding carboxylic acids is 3. The molecule has 0 unspecified atom stereocenters. The summed E-state index contributed by atoms with van der Waals surface area (Å²) in [5.41, 5.74) is 3.51. The number of likely N-dealkylation sites (N-methyl/N-ethyl adjacent to an activating group) is 1. The Morgan fingerprint density at radius 1 is 1.15 bits per heavy atom. The maximum absolute atomic E-state index is 14.1. The largest absolute Gasteiger partial charge is 0.416 e. The monoisotopic (exact) mass is 643 g/mol. The molecule has 2 aromatic heterocycles. The standard InChI is InChI=1S/C34H32F3N7O3/c1-5-29(45)43-18-25-24(26(43)11-12-38)10-9-23(40-25)17-42-16-21-14-30(46)44(28-15-22(34(35,36)37)13-20(3)39-28)32(21)33(47)41(4)27-8-6-7-19(2)31(27)42/h5-10,13,15,21,26,32H,1,11,14,16-18H2,2-4H3/t21-,26-,32+/m1/s1. The van der Waals surface area contributed by atoms with Crippen LogP contribution in [0.4, 0.5) is 30.4 Å². The summed E-state index contributed by atoms with van der Waals surface area (Å²) < 4.78 is 41.2. The minimum Gasteiger partial charge on any atom is -0.363 e. The third kappa shape index (κ3) is 5.58. The molecule has 3 amide bonds. The first-order valence-corrected chi connectivity index (χ1v) is 15.1. The van der Waals surface area contributed by atoms with E-state index in [1.165, 1.54) is 17.9 Å². The normalized spacial score (nSPS) is 20.7. The lowest BCUT2D eigenvalue weighted by Gasteiger charge is -2.39.